The first-order chi connectivity index (χ1) is 12.1. The molecule has 0 radical (unpaired) electrons. The van der Waals surface area contributed by atoms with Crippen molar-refractivity contribution in [2.75, 3.05) is 37.7 Å². The van der Waals surface area contributed by atoms with Crippen molar-refractivity contribution in [2.45, 2.75) is 31.5 Å². The van der Waals surface area contributed by atoms with E-state index in [1.165, 1.54) is 0 Å². The number of aryl methyl sites for hydroxylation is 1. The molecule has 6 nitrogen and oxygen atoms in total. The van der Waals surface area contributed by atoms with Gasteiger partial charge in [0.05, 0.1) is 13.2 Å². The Morgan fingerprint density at radius 1 is 1.16 bits per heavy atom. The third-order valence-electron chi connectivity index (χ3n) is 5.23. The molecule has 0 atom stereocenters. The van der Waals surface area contributed by atoms with Crippen LogP contribution >= 0.6 is 15.9 Å². The van der Waals surface area contributed by atoms with Gasteiger partial charge in [-0.2, -0.15) is 0 Å². The van der Waals surface area contributed by atoms with Crippen LogP contribution in [0.3, 0.4) is 0 Å². The predicted molar refractivity (Wildman–Crippen MR) is 95.3 cm³/mol. The molecule has 0 unspecified atom stereocenters. The standard InChI is InChI=1S/C18H21BrN2O4/c19-14-2-3-15-13(11-14)1-4-16(22)21(15)12-17(23)20-7-5-18(6-8-20)24-9-10-25-18/h2-3,11H,1,4-10,12H2. The van der Waals surface area contributed by atoms with Gasteiger partial charge in [0.15, 0.2) is 5.79 Å². The smallest absolute Gasteiger partial charge is 0.242 e. The van der Waals surface area contributed by atoms with Crippen molar-refractivity contribution in [1.82, 2.24) is 4.90 Å². The van der Waals surface area contributed by atoms with Gasteiger partial charge in [-0.25, -0.2) is 0 Å². The predicted octanol–water partition coefficient (Wildman–Crippen LogP) is 2.09. The van der Waals surface area contributed by atoms with E-state index in [0.29, 0.717) is 45.6 Å². The molecule has 3 aliphatic rings. The summed E-state index contributed by atoms with van der Waals surface area (Å²) in [4.78, 5) is 28.5. The molecule has 4 rings (SSSR count). The van der Waals surface area contributed by atoms with E-state index in [2.05, 4.69) is 15.9 Å². The Labute approximate surface area is 155 Å². The van der Waals surface area contributed by atoms with Gasteiger partial charge in [0.25, 0.3) is 0 Å². The fraction of sp³-hybridized carbons (Fsp3) is 0.556. The number of hydrogen-bond acceptors (Lipinski definition) is 4. The highest BCUT2D eigenvalue weighted by Crippen LogP contribution is 2.33. The number of carbonyl (C=O) groups is 2. The molecule has 0 saturated carbocycles. The maximum Gasteiger partial charge on any atom is 0.242 e. The summed E-state index contributed by atoms with van der Waals surface area (Å²) in [6.45, 7) is 2.56. The van der Waals surface area contributed by atoms with E-state index in [1.807, 2.05) is 23.1 Å². The molecule has 134 valence electrons. The van der Waals surface area contributed by atoms with Crippen LogP contribution in [0.5, 0.6) is 0 Å². The van der Waals surface area contributed by atoms with Crippen LogP contribution in [0.2, 0.25) is 0 Å². The number of hydrogen-bond donors (Lipinski definition) is 0. The lowest BCUT2D eigenvalue weighted by Crippen LogP contribution is -2.51. The van der Waals surface area contributed by atoms with E-state index in [1.54, 1.807) is 4.90 Å². The minimum absolute atomic E-state index is 0.0131. The monoisotopic (exact) mass is 408 g/mol. The number of likely N-dealkylation sites (tertiary alicyclic amines) is 1. The zero-order chi connectivity index (χ0) is 17.4. The number of fused-ring (bicyclic) bond motifs is 1. The first-order valence-corrected chi connectivity index (χ1v) is 9.50. The van der Waals surface area contributed by atoms with Crippen molar-refractivity contribution in [3.8, 4) is 0 Å². The summed E-state index contributed by atoms with van der Waals surface area (Å²) in [7, 11) is 0. The normalized spacial score (nSPS) is 22.4. The number of piperidine rings is 1. The number of nitrogens with zero attached hydrogens (tertiary/aromatic N) is 2. The Balaban J connectivity index is 1.43. The first-order valence-electron chi connectivity index (χ1n) is 8.71. The molecule has 2 saturated heterocycles. The van der Waals surface area contributed by atoms with Crippen molar-refractivity contribution in [2.24, 2.45) is 0 Å². The van der Waals surface area contributed by atoms with Crippen molar-refractivity contribution in [1.29, 1.82) is 0 Å². The molecular formula is C18H21BrN2O4. The number of benzene rings is 1. The maximum atomic E-state index is 12.7. The minimum atomic E-state index is -0.489. The summed E-state index contributed by atoms with van der Waals surface area (Å²) in [5.74, 6) is -0.493. The molecule has 2 amide bonds. The maximum absolute atomic E-state index is 12.7. The highest BCUT2D eigenvalue weighted by atomic mass is 79.9. The number of halogens is 1. The number of anilines is 1. The average Bonchev–Trinajstić information content (AvgIpc) is 3.06. The lowest BCUT2D eigenvalue weighted by molar-refractivity contribution is -0.187. The van der Waals surface area contributed by atoms with E-state index < -0.39 is 5.79 Å². The Morgan fingerprint density at radius 2 is 1.88 bits per heavy atom. The average molecular weight is 409 g/mol. The van der Waals surface area contributed by atoms with Gasteiger partial charge in [-0.1, -0.05) is 15.9 Å². The van der Waals surface area contributed by atoms with E-state index >= 15 is 0 Å². The summed E-state index contributed by atoms with van der Waals surface area (Å²) in [6.07, 6.45) is 2.55. The highest BCUT2D eigenvalue weighted by molar-refractivity contribution is 9.10. The molecule has 1 spiro atoms. The van der Waals surface area contributed by atoms with Gasteiger partial charge < -0.3 is 19.3 Å². The van der Waals surface area contributed by atoms with Crippen LogP contribution < -0.4 is 4.90 Å². The molecule has 25 heavy (non-hydrogen) atoms. The number of carbonyl (C=O) groups excluding carboxylic acids is 2. The van der Waals surface area contributed by atoms with Crippen LogP contribution in [0.1, 0.15) is 24.8 Å². The van der Waals surface area contributed by atoms with Gasteiger partial charge >= 0.3 is 0 Å². The summed E-state index contributed by atoms with van der Waals surface area (Å²) < 4.78 is 12.4. The quantitative estimate of drug-likeness (QED) is 0.751. The number of amides is 2. The third-order valence-corrected chi connectivity index (χ3v) is 5.72. The van der Waals surface area contributed by atoms with Gasteiger partial charge in [-0.15, -0.1) is 0 Å². The molecule has 1 aromatic carbocycles. The summed E-state index contributed by atoms with van der Waals surface area (Å²) >= 11 is 3.47. The largest absolute Gasteiger partial charge is 0.347 e. The lowest BCUT2D eigenvalue weighted by Gasteiger charge is -2.38. The molecule has 3 heterocycles. The Kier molecular flexibility index (Phi) is 4.56. The topological polar surface area (TPSA) is 59.1 Å². The van der Waals surface area contributed by atoms with Crippen LogP contribution in [0, 0.1) is 0 Å². The minimum Gasteiger partial charge on any atom is -0.347 e. The molecule has 7 heteroatoms. The highest BCUT2D eigenvalue weighted by Gasteiger charge is 2.41. The molecule has 3 aliphatic heterocycles. The molecular weight excluding hydrogens is 388 g/mol. The summed E-state index contributed by atoms with van der Waals surface area (Å²) in [5.41, 5.74) is 1.95. The van der Waals surface area contributed by atoms with E-state index in [9.17, 15) is 9.59 Å². The van der Waals surface area contributed by atoms with E-state index in [-0.39, 0.29) is 18.4 Å². The third kappa shape index (κ3) is 3.32. The SMILES string of the molecule is O=C(CN1C(=O)CCc2cc(Br)ccc21)N1CCC2(CC1)OCCO2. The van der Waals surface area contributed by atoms with Gasteiger partial charge in [0.2, 0.25) is 11.8 Å². The Morgan fingerprint density at radius 3 is 2.60 bits per heavy atom. The van der Waals surface area contributed by atoms with Gasteiger partial charge in [0.1, 0.15) is 6.54 Å². The van der Waals surface area contributed by atoms with Gasteiger partial charge in [0, 0.05) is 42.5 Å². The van der Waals surface area contributed by atoms with Gasteiger partial charge in [-0.3, -0.25) is 9.59 Å². The number of ether oxygens (including phenoxy) is 2. The Bertz CT molecular complexity index is 692. The van der Waals surface area contributed by atoms with Crippen LogP contribution in [0.4, 0.5) is 5.69 Å². The van der Waals surface area contributed by atoms with E-state index in [0.717, 1.165) is 22.1 Å². The van der Waals surface area contributed by atoms with Crippen LogP contribution in [0.15, 0.2) is 22.7 Å². The second-order valence-electron chi connectivity index (χ2n) is 6.74. The molecule has 2 fully saturated rings. The zero-order valence-electron chi connectivity index (χ0n) is 14.0. The second-order valence-corrected chi connectivity index (χ2v) is 7.66. The zero-order valence-corrected chi connectivity index (χ0v) is 15.6. The summed E-state index contributed by atoms with van der Waals surface area (Å²) in [6, 6.07) is 5.85. The molecule has 0 N–H and O–H groups in total. The van der Waals surface area contributed by atoms with Crippen LogP contribution in [0.25, 0.3) is 0 Å². The second kappa shape index (κ2) is 6.70. The fourth-order valence-electron chi connectivity index (χ4n) is 3.82. The van der Waals surface area contributed by atoms with Crippen LogP contribution in [-0.2, 0) is 25.5 Å². The molecule has 0 aliphatic carbocycles. The fourth-order valence-corrected chi connectivity index (χ4v) is 4.23. The van der Waals surface area contributed by atoms with Gasteiger partial charge in [-0.05, 0) is 30.2 Å². The first kappa shape index (κ1) is 17.0. The molecule has 0 aromatic heterocycles. The molecule has 1 aromatic rings. The van der Waals surface area contributed by atoms with Crippen molar-refractivity contribution < 1.29 is 19.1 Å². The summed E-state index contributed by atoms with van der Waals surface area (Å²) in [5, 5.41) is 0. The van der Waals surface area contributed by atoms with Crippen molar-refractivity contribution >= 4 is 33.4 Å². The van der Waals surface area contributed by atoms with Crippen molar-refractivity contribution in [3.05, 3.63) is 28.2 Å². The Hall–Kier alpha value is -1.44. The van der Waals surface area contributed by atoms with Crippen LogP contribution in [-0.4, -0.2) is 55.3 Å². The molecule has 0 bridgehead atoms. The number of rotatable bonds is 2. The van der Waals surface area contributed by atoms with Crippen molar-refractivity contribution in [3.63, 3.8) is 0 Å². The van der Waals surface area contributed by atoms with E-state index in [4.69, 9.17) is 9.47 Å². The lowest BCUT2D eigenvalue weighted by atomic mass is 10.0.